The molecular formula is C17H23N3O3. The Bertz CT molecular complexity index is 710. The van der Waals surface area contributed by atoms with Gasteiger partial charge in [-0.15, -0.1) is 0 Å². The summed E-state index contributed by atoms with van der Waals surface area (Å²) >= 11 is 0. The quantitative estimate of drug-likeness (QED) is 0.905. The molecule has 1 atom stereocenters. The largest absolute Gasteiger partial charge is 0.497 e. The number of likely N-dealkylation sites (N-methyl/N-ethyl adjacent to an activating group) is 1. The van der Waals surface area contributed by atoms with Crippen molar-refractivity contribution in [1.82, 2.24) is 15.2 Å². The van der Waals surface area contributed by atoms with Gasteiger partial charge in [0.25, 0.3) is 5.91 Å². The van der Waals surface area contributed by atoms with E-state index in [4.69, 9.17) is 9.47 Å². The summed E-state index contributed by atoms with van der Waals surface area (Å²) in [6.45, 7) is 1.98. The van der Waals surface area contributed by atoms with E-state index in [2.05, 4.69) is 22.2 Å². The van der Waals surface area contributed by atoms with Gasteiger partial charge in [0.2, 0.25) is 0 Å². The first-order valence-electron chi connectivity index (χ1n) is 7.85. The van der Waals surface area contributed by atoms with E-state index in [9.17, 15) is 4.79 Å². The fraction of sp³-hybridized carbons (Fsp3) is 0.471. The van der Waals surface area contributed by atoms with Gasteiger partial charge in [-0.3, -0.25) is 4.79 Å². The molecule has 124 valence electrons. The Balaban J connectivity index is 1.83. The molecule has 1 amide bonds. The number of hydrogen-bond acceptors (Lipinski definition) is 4. The highest BCUT2D eigenvalue weighted by Gasteiger charge is 2.21. The highest BCUT2D eigenvalue weighted by atomic mass is 16.5. The van der Waals surface area contributed by atoms with E-state index in [1.54, 1.807) is 14.2 Å². The van der Waals surface area contributed by atoms with Crippen LogP contribution in [0.3, 0.4) is 0 Å². The van der Waals surface area contributed by atoms with Crippen molar-refractivity contribution in [3.8, 4) is 11.5 Å². The Morgan fingerprint density at radius 1 is 1.30 bits per heavy atom. The highest BCUT2D eigenvalue weighted by Crippen LogP contribution is 2.31. The van der Waals surface area contributed by atoms with E-state index < -0.39 is 0 Å². The van der Waals surface area contributed by atoms with Gasteiger partial charge in [-0.2, -0.15) is 0 Å². The molecule has 6 nitrogen and oxygen atoms in total. The van der Waals surface area contributed by atoms with Gasteiger partial charge in [-0.1, -0.05) is 0 Å². The molecule has 1 unspecified atom stereocenters. The number of fused-ring (bicyclic) bond motifs is 1. The number of nitrogens with zero attached hydrogens (tertiary/aromatic N) is 1. The number of piperidine rings is 1. The van der Waals surface area contributed by atoms with Crippen molar-refractivity contribution in [1.29, 1.82) is 0 Å². The molecule has 3 rings (SSSR count). The summed E-state index contributed by atoms with van der Waals surface area (Å²) in [6.07, 6.45) is 2.13. The van der Waals surface area contributed by atoms with Crippen molar-refractivity contribution >= 4 is 16.8 Å². The normalized spacial score (nSPS) is 18.8. The molecular weight excluding hydrogens is 294 g/mol. The van der Waals surface area contributed by atoms with E-state index in [-0.39, 0.29) is 11.9 Å². The van der Waals surface area contributed by atoms with E-state index in [1.807, 2.05) is 18.2 Å². The number of aromatic nitrogens is 1. The van der Waals surface area contributed by atoms with Crippen molar-refractivity contribution in [3.63, 3.8) is 0 Å². The number of carbonyl (C=O) groups excluding carboxylic acids is 1. The molecule has 1 saturated heterocycles. The molecule has 1 aromatic carbocycles. The van der Waals surface area contributed by atoms with E-state index in [1.165, 1.54) is 0 Å². The van der Waals surface area contributed by atoms with Gasteiger partial charge >= 0.3 is 0 Å². The molecule has 2 aromatic rings. The topological polar surface area (TPSA) is 66.6 Å². The summed E-state index contributed by atoms with van der Waals surface area (Å²) in [5.41, 5.74) is 1.37. The molecule has 2 N–H and O–H groups in total. The van der Waals surface area contributed by atoms with Crippen LogP contribution in [0.5, 0.6) is 11.5 Å². The lowest BCUT2D eigenvalue weighted by Crippen LogP contribution is -2.46. The number of nitrogens with one attached hydrogen (secondary N) is 2. The second-order valence-corrected chi connectivity index (χ2v) is 6.05. The number of amides is 1. The van der Waals surface area contributed by atoms with Crippen LogP contribution in [0.4, 0.5) is 0 Å². The Morgan fingerprint density at radius 2 is 2.13 bits per heavy atom. The average molecular weight is 317 g/mol. The zero-order chi connectivity index (χ0) is 16.4. The van der Waals surface area contributed by atoms with Crippen LogP contribution in [-0.4, -0.2) is 56.2 Å². The molecule has 23 heavy (non-hydrogen) atoms. The van der Waals surface area contributed by atoms with Crippen molar-refractivity contribution < 1.29 is 14.3 Å². The Hall–Kier alpha value is -2.21. The number of rotatable bonds is 4. The predicted octanol–water partition coefficient (Wildman–Crippen LogP) is 2.01. The Kier molecular flexibility index (Phi) is 4.43. The van der Waals surface area contributed by atoms with Crippen molar-refractivity contribution in [2.75, 3.05) is 34.4 Å². The minimum absolute atomic E-state index is 0.0810. The second kappa shape index (κ2) is 6.50. The predicted molar refractivity (Wildman–Crippen MR) is 89.4 cm³/mol. The van der Waals surface area contributed by atoms with Crippen LogP contribution < -0.4 is 14.8 Å². The van der Waals surface area contributed by atoms with E-state index >= 15 is 0 Å². The molecule has 1 fully saturated rings. The lowest BCUT2D eigenvalue weighted by atomic mass is 10.1. The first kappa shape index (κ1) is 15.7. The van der Waals surface area contributed by atoms with Gasteiger partial charge in [-0.25, -0.2) is 0 Å². The maximum Gasteiger partial charge on any atom is 0.267 e. The van der Waals surface area contributed by atoms with Crippen molar-refractivity contribution in [3.05, 3.63) is 23.9 Å². The SMILES string of the molecule is COc1cc(OC)c2cc(C(=O)NC3CCCN(C)C3)[nH]c2c1. The number of H-pyrrole nitrogens is 1. The highest BCUT2D eigenvalue weighted by molar-refractivity contribution is 6.00. The van der Waals surface area contributed by atoms with E-state index in [0.29, 0.717) is 17.2 Å². The maximum absolute atomic E-state index is 12.5. The zero-order valence-electron chi connectivity index (χ0n) is 13.8. The molecule has 1 aromatic heterocycles. The van der Waals surface area contributed by atoms with Crippen LogP contribution in [0.1, 0.15) is 23.3 Å². The molecule has 0 radical (unpaired) electrons. The fourth-order valence-corrected chi connectivity index (χ4v) is 3.14. The third-order valence-electron chi connectivity index (χ3n) is 4.33. The molecule has 1 aliphatic heterocycles. The molecule has 0 spiro atoms. The van der Waals surface area contributed by atoms with Gasteiger partial charge in [-0.05, 0) is 32.5 Å². The minimum Gasteiger partial charge on any atom is -0.497 e. The van der Waals surface area contributed by atoms with Gasteiger partial charge < -0.3 is 24.7 Å². The number of carbonyl (C=O) groups is 1. The number of likely N-dealkylation sites (tertiary alicyclic amines) is 1. The van der Waals surface area contributed by atoms with Crippen LogP contribution in [0.2, 0.25) is 0 Å². The van der Waals surface area contributed by atoms with Crippen molar-refractivity contribution in [2.45, 2.75) is 18.9 Å². The lowest BCUT2D eigenvalue weighted by molar-refractivity contribution is 0.0908. The number of aromatic amines is 1. The van der Waals surface area contributed by atoms with Gasteiger partial charge in [0.15, 0.2) is 0 Å². The maximum atomic E-state index is 12.5. The summed E-state index contributed by atoms with van der Waals surface area (Å²) in [5.74, 6) is 1.30. The summed E-state index contributed by atoms with van der Waals surface area (Å²) < 4.78 is 10.7. The van der Waals surface area contributed by atoms with Crippen LogP contribution >= 0.6 is 0 Å². The Labute approximate surface area is 135 Å². The third kappa shape index (κ3) is 3.27. The van der Waals surface area contributed by atoms with Crippen LogP contribution in [0.15, 0.2) is 18.2 Å². The minimum atomic E-state index is -0.0810. The number of benzene rings is 1. The first-order valence-corrected chi connectivity index (χ1v) is 7.85. The van der Waals surface area contributed by atoms with Crippen LogP contribution in [0.25, 0.3) is 10.9 Å². The van der Waals surface area contributed by atoms with Crippen molar-refractivity contribution in [2.24, 2.45) is 0 Å². The molecule has 0 saturated carbocycles. The number of ether oxygens (including phenoxy) is 2. The van der Waals surface area contributed by atoms with Crippen LogP contribution in [0, 0.1) is 0 Å². The molecule has 0 bridgehead atoms. The average Bonchev–Trinajstić information content (AvgIpc) is 2.98. The molecule has 0 aliphatic carbocycles. The second-order valence-electron chi connectivity index (χ2n) is 6.05. The summed E-state index contributed by atoms with van der Waals surface area (Å²) in [5, 5.41) is 3.98. The lowest BCUT2D eigenvalue weighted by Gasteiger charge is -2.30. The van der Waals surface area contributed by atoms with E-state index in [0.717, 1.165) is 36.8 Å². The molecule has 6 heteroatoms. The molecule has 1 aliphatic rings. The van der Waals surface area contributed by atoms with Gasteiger partial charge in [0.05, 0.1) is 19.7 Å². The number of hydrogen-bond donors (Lipinski definition) is 2. The summed E-state index contributed by atoms with van der Waals surface area (Å²) in [6, 6.07) is 5.70. The van der Waals surface area contributed by atoms with Crippen LogP contribution in [-0.2, 0) is 0 Å². The van der Waals surface area contributed by atoms with Gasteiger partial charge in [0, 0.05) is 30.1 Å². The standard InChI is InChI=1S/C17H23N3O3/c1-20-6-4-5-11(10-20)18-17(21)15-9-13-14(19-15)7-12(22-2)8-16(13)23-3/h7-9,11,19H,4-6,10H2,1-3H3,(H,18,21). The number of methoxy groups -OCH3 is 2. The summed E-state index contributed by atoms with van der Waals surface area (Å²) in [7, 11) is 5.30. The monoisotopic (exact) mass is 317 g/mol. The third-order valence-corrected chi connectivity index (χ3v) is 4.33. The summed E-state index contributed by atoms with van der Waals surface area (Å²) in [4.78, 5) is 17.9. The fourth-order valence-electron chi connectivity index (χ4n) is 3.14. The smallest absolute Gasteiger partial charge is 0.267 e. The van der Waals surface area contributed by atoms with Gasteiger partial charge in [0.1, 0.15) is 17.2 Å². The zero-order valence-corrected chi connectivity index (χ0v) is 13.8. The Morgan fingerprint density at radius 3 is 2.83 bits per heavy atom. The molecule has 2 heterocycles. The first-order chi connectivity index (χ1) is 11.1.